The first-order valence-electron chi connectivity index (χ1n) is 3.22. The van der Waals surface area contributed by atoms with Crippen molar-refractivity contribution in [2.75, 3.05) is 0 Å². The highest BCUT2D eigenvalue weighted by Gasteiger charge is 1.80. The van der Waals surface area contributed by atoms with Crippen LogP contribution >= 0.6 is 0 Å². The van der Waals surface area contributed by atoms with E-state index in [1.807, 2.05) is 10.3 Å². The number of nitrogens with two attached hydrogens (primary N) is 1. The van der Waals surface area contributed by atoms with Gasteiger partial charge in [0.2, 0.25) is 0 Å². The van der Waals surface area contributed by atoms with Crippen molar-refractivity contribution in [2.24, 2.45) is 11.0 Å². The number of primary amides is 1. The number of rotatable bonds is 1. The summed E-state index contributed by atoms with van der Waals surface area (Å²) in [7, 11) is 0. The van der Waals surface area contributed by atoms with Crippen LogP contribution in [0, 0.1) is 4.91 Å². The molecule has 0 bridgehead atoms. The van der Waals surface area contributed by atoms with Crippen LogP contribution in [0.15, 0.2) is 27.1 Å². The van der Waals surface area contributed by atoms with Crippen molar-refractivity contribution in [3.8, 4) is 0 Å². The lowest BCUT2D eigenvalue weighted by Crippen LogP contribution is -2.23. The molecule has 0 unspecified atom stereocenters. The fourth-order valence-corrected chi connectivity index (χ4v) is 0.428. The van der Waals surface area contributed by atoms with Gasteiger partial charge in [-0.1, -0.05) is 0 Å². The number of carbonyl (C=O) groups is 1. The zero-order valence-electron chi connectivity index (χ0n) is 6.81. The van der Waals surface area contributed by atoms with Gasteiger partial charge < -0.3 is 10.7 Å². The van der Waals surface area contributed by atoms with Crippen molar-refractivity contribution in [2.45, 2.75) is 0 Å². The molecule has 0 aliphatic carbocycles. The topological polar surface area (TPSA) is 150 Å². The summed E-state index contributed by atoms with van der Waals surface area (Å²) in [6.07, 6.45) is 1.29. The second-order valence-electron chi connectivity index (χ2n) is 1.86. The van der Waals surface area contributed by atoms with E-state index in [1.165, 1.54) is 17.7 Å². The first-order chi connectivity index (χ1) is 6.56. The van der Waals surface area contributed by atoms with Gasteiger partial charge in [-0.2, -0.15) is 5.43 Å². The van der Waals surface area contributed by atoms with Crippen molar-refractivity contribution < 1.29 is 4.79 Å². The van der Waals surface area contributed by atoms with E-state index >= 15 is 0 Å². The Morgan fingerprint density at radius 2 is 2.14 bits per heavy atom. The number of hydrogen-bond donors (Lipinski definition) is 4. The Kier molecular flexibility index (Phi) is 5.04. The third kappa shape index (κ3) is 6.27. The average Bonchev–Trinajstić information content (AvgIpc) is 2.03. The van der Waals surface area contributed by atoms with Gasteiger partial charge in [0.05, 0.1) is 5.29 Å². The Hall–Kier alpha value is -2.45. The van der Waals surface area contributed by atoms with Crippen LogP contribution in [-0.2, 0) is 0 Å². The van der Waals surface area contributed by atoms with Crippen molar-refractivity contribution in [3.05, 3.63) is 38.0 Å². The van der Waals surface area contributed by atoms with E-state index in [4.69, 9.17) is 4.91 Å². The van der Waals surface area contributed by atoms with Gasteiger partial charge >= 0.3 is 11.7 Å². The molecular formula is C5H7N5O4. The zero-order valence-corrected chi connectivity index (χ0v) is 6.81. The number of carbonyl (C=O) groups excluding carboxylic acids is 1. The van der Waals surface area contributed by atoms with Crippen LogP contribution in [-0.4, -0.2) is 16.0 Å². The average molecular weight is 201 g/mol. The third-order valence-corrected chi connectivity index (χ3v) is 0.842. The highest BCUT2D eigenvalue weighted by Crippen LogP contribution is 1.51. The van der Waals surface area contributed by atoms with E-state index in [1.54, 1.807) is 0 Å². The lowest BCUT2D eigenvalue weighted by molar-refractivity contribution is 0.249. The first-order valence-corrected chi connectivity index (χ1v) is 3.22. The first kappa shape index (κ1) is 11.6. The summed E-state index contributed by atoms with van der Waals surface area (Å²) in [5, 5.41) is 1.96. The minimum Gasteiger partial charge on any atom is -0.350 e. The number of urea groups is 1. The van der Waals surface area contributed by atoms with Crippen molar-refractivity contribution in [1.29, 1.82) is 0 Å². The van der Waals surface area contributed by atoms with E-state index in [-0.39, 0.29) is 5.56 Å². The molecule has 0 spiro atoms. The van der Waals surface area contributed by atoms with Gasteiger partial charge in [0.1, 0.15) is 0 Å². The molecule has 0 radical (unpaired) electrons. The SMILES string of the molecule is NC(=O)NN=O.O=c1cc[nH]c(=O)[nH]1. The Labute approximate surface area is 76.3 Å². The standard InChI is InChI=1S/C4H4N2O2.CH3N3O2/c7-3-1-2-5-4(8)6-3;2-1(5)3-4-6/h1-2H,(H2,5,6,7,8);(H3,2,3,5,6). The number of aromatic amines is 2. The molecule has 0 aromatic carbocycles. The quantitative estimate of drug-likeness (QED) is 0.319. The minimum atomic E-state index is -0.940. The maximum atomic E-state index is 10.2. The predicted octanol–water partition coefficient (Wildman–Crippen LogP) is -1.60. The summed E-state index contributed by atoms with van der Waals surface area (Å²) in [4.78, 5) is 43.0. The summed E-state index contributed by atoms with van der Waals surface area (Å²) in [6, 6.07) is 0.298. The predicted molar refractivity (Wildman–Crippen MR) is 46.2 cm³/mol. The van der Waals surface area contributed by atoms with Crippen LogP contribution in [0.3, 0.4) is 0 Å². The second-order valence-corrected chi connectivity index (χ2v) is 1.86. The highest BCUT2D eigenvalue weighted by molar-refractivity contribution is 5.70. The van der Waals surface area contributed by atoms with Crippen molar-refractivity contribution in [1.82, 2.24) is 15.4 Å². The van der Waals surface area contributed by atoms with Gasteiger partial charge in [-0.25, -0.2) is 9.59 Å². The van der Waals surface area contributed by atoms with E-state index in [0.29, 0.717) is 0 Å². The van der Waals surface area contributed by atoms with Crippen molar-refractivity contribution in [3.63, 3.8) is 0 Å². The summed E-state index contributed by atoms with van der Waals surface area (Å²) in [5.74, 6) is 0. The van der Waals surface area contributed by atoms with Crippen LogP contribution in [0.1, 0.15) is 0 Å². The van der Waals surface area contributed by atoms with Gasteiger partial charge in [-0.15, -0.1) is 4.91 Å². The molecule has 1 rings (SSSR count). The smallest absolute Gasteiger partial charge is 0.335 e. The second kappa shape index (κ2) is 6.11. The lowest BCUT2D eigenvalue weighted by Gasteiger charge is -1.77. The number of amides is 2. The molecule has 0 aliphatic heterocycles. The van der Waals surface area contributed by atoms with Crippen LogP contribution in [0.2, 0.25) is 0 Å². The largest absolute Gasteiger partial charge is 0.350 e. The highest BCUT2D eigenvalue weighted by atomic mass is 16.3. The van der Waals surface area contributed by atoms with Gasteiger partial charge in [-0.3, -0.25) is 9.78 Å². The van der Waals surface area contributed by atoms with Crippen LogP contribution in [0.4, 0.5) is 4.79 Å². The molecule has 14 heavy (non-hydrogen) atoms. The molecule has 0 saturated carbocycles. The molecule has 0 fully saturated rings. The van der Waals surface area contributed by atoms with E-state index < -0.39 is 11.7 Å². The maximum Gasteiger partial charge on any atom is 0.335 e. The molecule has 1 aromatic heterocycles. The normalized spacial score (nSPS) is 8.00. The number of hydrogen-bond acceptors (Lipinski definition) is 5. The van der Waals surface area contributed by atoms with Crippen LogP contribution < -0.4 is 22.4 Å². The van der Waals surface area contributed by atoms with E-state index in [0.717, 1.165) is 0 Å². The molecule has 9 nitrogen and oxygen atoms in total. The Balaban J connectivity index is 0.000000255. The molecule has 76 valence electrons. The van der Waals surface area contributed by atoms with E-state index in [2.05, 4.69) is 10.7 Å². The van der Waals surface area contributed by atoms with E-state index in [9.17, 15) is 14.4 Å². The number of aromatic nitrogens is 2. The Morgan fingerprint density at radius 1 is 1.50 bits per heavy atom. The number of nitrogens with one attached hydrogen (secondary N) is 3. The van der Waals surface area contributed by atoms with Gasteiger partial charge in [0.25, 0.3) is 5.56 Å². The molecule has 1 heterocycles. The summed E-state index contributed by atoms with van der Waals surface area (Å²) >= 11 is 0. The van der Waals surface area contributed by atoms with Crippen molar-refractivity contribution >= 4 is 6.03 Å². The molecule has 1 aromatic rings. The minimum absolute atomic E-state index is 0.381. The maximum absolute atomic E-state index is 10.2. The van der Waals surface area contributed by atoms with Gasteiger partial charge in [0, 0.05) is 12.3 Å². The van der Waals surface area contributed by atoms with Crippen LogP contribution in [0.25, 0.3) is 0 Å². The number of nitrogens with zero attached hydrogens (tertiary/aromatic N) is 1. The molecule has 0 atom stereocenters. The van der Waals surface area contributed by atoms with Gasteiger partial charge in [0.15, 0.2) is 0 Å². The Morgan fingerprint density at radius 3 is 2.36 bits per heavy atom. The van der Waals surface area contributed by atoms with Gasteiger partial charge in [-0.05, 0) is 0 Å². The fraction of sp³-hybridized carbons (Fsp3) is 0. The summed E-state index contributed by atoms with van der Waals surface area (Å²) in [6.45, 7) is 0. The monoisotopic (exact) mass is 201 g/mol. The number of H-pyrrole nitrogens is 2. The molecule has 0 saturated heterocycles. The number of nitroso groups, excluding NO2 is 1. The summed E-state index contributed by atoms with van der Waals surface area (Å²) < 4.78 is 0. The summed E-state index contributed by atoms with van der Waals surface area (Å²) in [5.41, 5.74) is 4.92. The third-order valence-electron chi connectivity index (χ3n) is 0.842. The lowest BCUT2D eigenvalue weighted by atomic mass is 10.7. The van der Waals surface area contributed by atoms with Crippen LogP contribution in [0.5, 0.6) is 0 Å². The molecule has 9 heteroatoms. The molecular weight excluding hydrogens is 194 g/mol. The molecule has 5 N–H and O–H groups in total. The Bertz CT molecular complexity index is 382. The molecule has 0 aliphatic rings. The fourth-order valence-electron chi connectivity index (χ4n) is 0.428. The molecule has 2 amide bonds. The zero-order chi connectivity index (χ0) is 11.0.